The van der Waals surface area contributed by atoms with E-state index in [-0.39, 0.29) is 0 Å². The van der Waals surface area contributed by atoms with Crippen LogP contribution in [0.3, 0.4) is 0 Å². The van der Waals surface area contributed by atoms with Gasteiger partial charge in [0.2, 0.25) is 11.8 Å². The molecule has 168 valence electrons. The lowest BCUT2D eigenvalue weighted by Gasteiger charge is -2.40. The minimum atomic E-state index is -1.12. The number of aryl methyl sites for hydroxylation is 1. The van der Waals surface area contributed by atoms with E-state index >= 15 is 0 Å². The van der Waals surface area contributed by atoms with Crippen LogP contribution in [0, 0.1) is 12.9 Å². The van der Waals surface area contributed by atoms with E-state index in [0.29, 0.717) is 40.4 Å². The summed E-state index contributed by atoms with van der Waals surface area (Å²) < 4.78 is 27.0. The Kier molecular flexibility index (Phi) is 4.76. The number of halogens is 1. The fourth-order valence-corrected chi connectivity index (χ4v) is 4.49. The first kappa shape index (κ1) is 20.7. The molecule has 0 radical (unpaired) electrons. The zero-order chi connectivity index (χ0) is 23.3. The number of aromatic nitrogens is 2. The molecule has 2 aromatic heterocycles. The highest BCUT2D eigenvalue weighted by atomic mass is 19.1. The first-order valence-electron chi connectivity index (χ1n) is 11.0. The van der Waals surface area contributed by atoms with Crippen LogP contribution in [-0.2, 0) is 10.3 Å². The Morgan fingerprint density at radius 3 is 2.56 bits per heavy atom. The first-order valence-corrected chi connectivity index (χ1v) is 11.0. The van der Waals surface area contributed by atoms with Crippen molar-refractivity contribution in [2.75, 3.05) is 6.54 Å². The molecule has 0 bridgehead atoms. The van der Waals surface area contributed by atoms with Crippen molar-refractivity contribution >= 4 is 6.21 Å². The number of fused-ring (bicyclic) bond motifs is 4. The summed E-state index contributed by atoms with van der Waals surface area (Å²) in [7, 11) is 0. The van der Waals surface area contributed by atoms with E-state index in [1.54, 1.807) is 36.7 Å². The number of benzene rings is 2. The monoisotopic (exact) mass is 452 g/mol. The summed E-state index contributed by atoms with van der Waals surface area (Å²) >= 11 is 0. The predicted octanol–water partition coefficient (Wildman–Crippen LogP) is 4.99. The van der Waals surface area contributed by atoms with Crippen molar-refractivity contribution in [1.82, 2.24) is 9.97 Å². The van der Waals surface area contributed by atoms with Gasteiger partial charge in [-0.15, -0.1) is 0 Å². The highest BCUT2D eigenvalue weighted by Gasteiger charge is 2.46. The molecule has 4 aromatic rings. The summed E-state index contributed by atoms with van der Waals surface area (Å²) in [4.78, 5) is 12.9. The van der Waals surface area contributed by atoms with Crippen molar-refractivity contribution in [2.24, 2.45) is 10.7 Å². The summed E-state index contributed by atoms with van der Waals surface area (Å²) in [5.41, 5.74) is 10.6. The van der Waals surface area contributed by atoms with Gasteiger partial charge in [0.05, 0.1) is 12.1 Å². The van der Waals surface area contributed by atoms with E-state index in [9.17, 15) is 4.39 Å². The fourth-order valence-electron chi connectivity index (χ4n) is 4.49. The second kappa shape index (κ2) is 7.83. The number of pyridine rings is 2. The molecule has 1 unspecified atom stereocenters. The molecule has 0 aliphatic carbocycles. The Labute approximate surface area is 195 Å². The number of aliphatic imine (C=N–C) groups is 1. The molecule has 0 fully saturated rings. The highest BCUT2D eigenvalue weighted by Crippen LogP contribution is 2.50. The van der Waals surface area contributed by atoms with Gasteiger partial charge in [-0.05, 0) is 48.4 Å². The van der Waals surface area contributed by atoms with Gasteiger partial charge in [-0.1, -0.05) is 35.9 Å². The van der Waals surface area contributed by atoms with E-state index in [2.05, 4.69) is 27.1 Å². The van der Waals surface area contributed by atoms with Crippen molar-refractivity contribution in [2.45, 2.75) is 18.8 Å². The van der Waals surface area contributed by atoms with Crippen LogP contribution in [0.4, 0.5) is 4.39 Å². The third-order valence-corrected chi connectivity index (χ3v) is 6.19. The smallest absolute Gasteiger partial charge is 0.226 e. The number of nitrogens with two attached hydrogens (primary N) is 1. The van der Waals surface area contributed by atoms with Gasteiger partial charge in [-0.2, -0.15) is 4.39 Å². The standard InChI is InChI=1S/C27H21FN4O2/c1-16-4-6-17(7-5-16)19-12-22-26(32-13-19)33-23-9-8-18(20-3-2-10-31-25(20)28)11-21(23)27(22)15-30-14-24(29)34-27/h2-13,15,24H,14,29H2,1H3/t24?,27-/m0/s1. The molecule has 0 saturated carbocycles. The van der Waals surface area contributed by atoms with Crippen LogP contribution < -0.4 is 10.5 Å². The highest BCUT2D eigenvalue weighted by molar-refractivity contribution is 5.84. The average molecular weight is 452 g/mol. The molecule has 34 heavy (non-hydrogen) atoms. The summed E-state index contributed by atoms with van der Waals surface area (Å²) in [6.07, 6.45) is 4.33. The van der Waals surface area contributed by atoms with Gasteiger partial charge < -0.3 is 15.2 Å². The minimum Gasteiger partial charge on any atom is -0.438 e. The lowest BCUT2D eigenvalue weighted by atomic mass is 9.82. The van der Waals surface area contributed by atoms with Crippen molar-refractivity contribution in [3.63, 3.8) is 0 Å². The normalized spacial score (nSPS) is 20.5. The quantitative estimate of drug-likeness (QED) is 0.433. The molecule has 7 heteroatoms. The van der Waals surface area contributed by atoms with Gasteiger partial charge in [0.1, 0.15) is 12.0 Å². The van der Waals surface area contributed by atoms with Crippen LogP contribution in [0.1, 0.15) is 16.7 Å². The van der Waals surface area contributed by atoms with Gasteiger partial charge in [0.15, 0.2) is 5.60 Å². The first-order chi connectivity index (χ1) is 16.5. The van der Waals surface area contributed by atoms with Gasteiger partial charge >= 0.3 is 0 Å². The second-order valence-corrected chi connectivity index (χ2v) is 8.48. The molecule has 6 rings (SSSR count). The Bertz CT molecular complexity index is 1440. The lowest BCUT2D eigenvalue weighted by molar-refractivity contribution is -0.0317. The van der Waals surface area contributed by atoms with E-state index in [4.69, 9.17) is 15.2 Å². The maximum absolute atomic E-state index is 14.5. The summed E-state index contributed by atoms with van der Waals surface area (Å²) in [6, 6.07) is 19.0. The molecule has 4 heterocycles. The zero-order valence-electron chi connectivity index (χ0n) is 18.4. The molecular formula is C27H21FN4O2. The fraction of sp³-hybridized carbons (Fsp3) is 0.148. The topological polar surface area (TPSA) is 82.6 Å². The van der Waals surface area contributed by atoms with Crippen LogP contribution in [0.5, 0.6) is 11.6 Å². The number of hydrogen-bond acceptors (Lipinski definition) is 6. The van der Waals surface area contributed by atoms with Gasteiger partial charge in [0.25, 0.3) is 0 Å². The molecule has 1 spiro atoms. The second-order valence-electron chi connectivity index (χ2n) is 8.48. The van der Waals surface area contributed by atoms with Crippen molar-refractivity contribution in [3.8, 4) is 33.9 Å². The average Bonchev–Trinajstić information content (AvgIpc) is 2.85. The summed E-state index contributed by atoms with van der Waals surface area (Å²) in [6.45, 7) is 2.39. The molecule has 0 saturated heterocycles. The Morgan fingerprint density at radius 1 is 0.971 bits per heavy atom. The maximum atomic E-state index is 14.5. The molecule has 2 aliphatic heterocycles. The van der Waals surface area contributed by atoms with Gasteiger partial charge in [0, 0.05) is 35.3 Å². The Balaban J connectivity index is 1.56. The molecule has 2 atom stereocenters. The van der Waals surface area contributed by atoms with Gasteiger partial charge in [-0.3, -0.25) is 4.99 Å². The van der Waals surface area contributed by atoms with Gasteiger partial charge in [-0.25, -0.2) is 9.97 Å². The van der Waals surface area contributed by atoms with E-state index in [0.717, 1.165) is 11.1 Å². The number of nitrogens with zero attached hydrogens (tertiary/aromatic N) is 3. The van der Waals surface area contributed by atoms with E-state index in [1.807, 2.05) is 31.2 Å². The molecule has 2 aromatic carbocycles. The van der Waals surface area contributed by atoms with Crippen LogP contribution >= 0.6 is 0 Å². The SMILES string of the molecule is Cc1ccc(-c2cnc3c(c2)[C@]2(C=NCC(N)O2)c2cc(-c4cccnc4F)ccc2O3)cc1. The third-order valence-electron chi connectivity index (χ3n) is 6.19. The zero-order valence-corrected chi connectivity index (χ0v) is 18.4. The van der Waals surface area contributed by atoms with Crippen molar-refractivity contribution in [1.29, 1.82) is 0 Å². The maximum Gasteiger partial charge on any atom is 0.226 e. The van der Waals surface area contributed by atoms with Crippen LogP contribution in [-0.4, -0.2) is 29.0 Å². The molecule has 2 aliphatic rings. The Morgan fingerprint density at radius 2 is 1.76 bits per heavy atom. The largest absolute Gasteiger partial charge is 0.438 e. The van der Waals surface area contributed by atoms with E-state index in [1.165, 1.54) is 11.8 Å². The summed E-state index contributed by atoms with van der Waals surface area (Å²) in [5, 5.41) is 0. The van der Waals surface area contributed by atoms with Crippen LogP contribution in [0.2, 0.25) is 0 Å². The number of hydrogen-bond donors (Lipinski definition) is 1. The number of rotatable bonds is 2. The third kappa shape index (κ3) is 3.29. The van der Waals surface area contributed by atoms with Crippen molar-refractivity contribution in [3.05, 3.63) is 95.7 Å². The molecule has 6 nitrogen and oxygen atoms in total. The molecule has 0 amide bonds. The minimum absolute atomic E-state index is 0.343. The van der Waals surface area contributed by atoms with Crippen molar-refractivity contribution < 1.29 is 13.9 Å². The van der Waals surface area contributed by atoms with Crippen LogP contribution in [0.15, 0.2) is 78.0 Å². The predicted molar refractivity (Wildman–Crippen MR) is 127 cm³/mol. The Hall–Kier alpha value is -3.94. The van der Waals surface area contributed by atoms with Crippen LogP contribution in [0.25, 0.3) is 22.3 Å². The number of ether oxygens (including phenoxy) is 2. The lowest BCUT2D eigenvalue weighted by Crippen LogP contribution is -2.46. The molecule has 2 N–H and O–H groups in total. The van der Waals surface area contributed by atoms with E-state index < -0.39 is 17.8 Å². The molecular weight excluding hydrogens is 431 g/mol. The summed E-state index contributed by atoms with van der Waals surface area (Å²) in [5.74, 6) is 0.424.